The van der Waals surface area contributed by atoms with Crippen LogP contribution in [0.3, 0.4) is 0 Å². The van der Waals surface area contributed by atoms with Crippen LogP contribution in [0.4, 0.5) is 0 Å². The zero-order valence-electron chi connectivity index (χ0n) is 5.18. The summed E-state index contributed by atoms with van der Waals surface area (Å²) in [6.07, 6.45) is 0.632. The van der Waals surface area contributed by atoms with Crippen LogP contribution in [0.1, 0.15) is 13.3 Å². The summed E-state index contributed by atoms with van der Waals surface area (Å²) in [4.78, 5) is 10.4. The summed E-state index contributed by atoms with van der Waals surface area (Å²) in [6, 6.07) is -0.444. The monoisotopic (exact) mass is 141 g/mol. The van der Waals surface area contributed by atoms with Gasteiger partial charge in [0.1, 0.15) is 6.04 Å². The molecule has 0 fully saturated rings. The van der Waals surface area contributed by atoms with Crippen LogP contribution < -0.4 is 5.73 Å². The van der Waals surface area contributed by atoms with Crippen molar-refractivity contribution in [3.8, 4) is 0 Å². The minimum absolute atomic E-state index is 0. The Morgan fingerprint density at radius 2 is 2.22 bits per heavy atom. The third kappa shape index (κ3) is 4.90. The number of esters is 1. The van der Waals surface area contributed by atoms with E-state index in [2.05, 4.69) is 4.74 Å². The molecule has 0 aromatic heterocycles. The van der Waals surface area contributed by atoms with Gasteiger partial charge in [-0.2, -0.15) is 0 Å². The van der Waals surface area contributed by atoms with Crippen molar-refractivity contribution in [1.82, 2.24) is 0 Å². The number of hydrogen-bond donors (Lipinski definition) is 1. The Hall–Kier alpha value is 0.430. The summed E-state index contributed by atoms with van der Waals surface area (Å²) in [5, 5.41) is 0. The molecule has 0 bridgehead atoms. The third-order valence-corrected chi connectivity index (χ3v) is 0.944. The maximum atomic E-state index is 10.4. The summed E-state index contributed by atoms with van der Waals surface area (Å²) < 4.78 is 4.34. The standard InChI is InChI=1S/C5H11NO2.Na.H/c1-3-4(6)5(7)8-2;;/h4H,3,6H2,1-2H3;;. The van der Waals surface area contributed by atoms with Crippen molar-refractivity contribution >= 4 is 35.5 Å². The third-order valence-electron chi connectivity index (χ3n) is 0.944. The van der Waals surface area contributed by atoms with Gasteiger partial charge in [0.2, 0.25) is 0 Å². The van der Waals surface area contributed by atoms with E-state index in [0.717, 1.165) is 0 Å². The van der Waals surface area contributed by atoms with Crippen LogP contribution in [0.15, 0.2) is 0 Å². The van der Waals surface area contributed by atoms with Crippen molar-refractivity contribution in [2.75, 3.05) is 7.11 Å². The van der Waals surface area contributed by atoms with E-state index in [1.807, 2.05) is 6.92 Å². The molecule has 4 heteroatoms. The molecule has 0 aromatic carbocycles. The number of carbonyl (C=O) groups excluding carboxylic acids is 1. The second-order valence-corrected chi connectivity index (χ2v) is 1.54. The topological polar surface area (TPSA) is 52.3 Å². The molecule has 0 aromatic rings. The van der Waals surface area contributed by atoms with Crippen molar-refractivity contribution in [3.63, 3.8) is 0 Å². The molecule has 0 saturated heterocycles. The van der Waals surface area contributed by atoms with Crippen molar-refractivity contribution in [2.24, 2.45) is 5.73 Å². The molecule has 9 heavy (non-hydrogen) atoms. The van der Waals surface area contributed by atoms with E-state index in [9.17, 15) is 4.79 Å². The van der Waals surface area contributed by atoms with E-state index in [-0.39, 0.29) is 35.5 Å². The fourth-order valence-electron chi connectivity index (χ4n) is 0.318. The van der Waals surface area contributed by atoms with E-state index < -0.39 is 6.04 Å². The van der Waals surface area contributed by atoms with Gasteiger partial charge in [-0.25, -0.2) is 0 Å². The number of methoxy groups -OCH3 is 1. The molecular formula is C5H12NNaO2. The molecule has 0 amide bonds. The van der Waals surface area contributed by atoms with E-state index in [1.165, 1.54) is 7.11 Å². The van der Waals surface area contributed by atoms with Crippen molar-refractivity contribution in [2.45, 2.75) is 19.4 Å². The fraction of sp³-hybridized carbons (Fsp3) is 0.800. The van der Waals surface area contributed by atoms with Gasteiger partial charge in [-0.05, 0) is 6.42 Å². The normalized spacial score (nSPS) is 11.4. The number of hydrogen-bond acceptors (Lipinski definition) is 3. The van der Waals surface area contributed by atoms with E-state index >= 15 is 0 Å². The van der Waals surface area contributed by atoms with Gasteiger partial charge in [-0.15, -0.1) is 0 Å². The second kappa shape index (κ2) is 6.55. The van der Waals surface area contributed by atoms with Crippen molar-refractivity contribution < 1.29 is 9.53 Å². The maximum absolute atomic E-state index is 10.4. The van der Waals surface area contributed by atoms with Gasteiger partial charge in [0.05, 0.1) is 7.11 Å². The first-order valence-electron chi connectivity index (χ1n) is 2.55. The van der Waals surface area contributed by atoms with Crippen LogP contribution in [0.2, 0.25) is 0 Å². The molecule has 3 nitrogen and oxygen atoms in total. The molecule has 0 heterocycles. The zero-order valence-corrected chi connectivity index (χ0v) is 5.18. The molecule has 0 radical (unpaired) electrons. The first-order valence-corrected chi connectivity index (χ1v) is 2.55. The van der Waals surface area contributed by atoms with Gasteiger partial charge in [0.15, 0.2) is 0 Å². The summed E-state index contributed by atoms with van der Waals surface area (Å²) in [7, 11) is 1.33. The molecule has 0 aliphatic rings. The summed E-state index contributed by atoms with van der Waals surface area (Å²) >= 11 is 0. The summed E-state index contributed by atoms with van der Waals surface area (Å²) in [6.45, 7) is 1.83. The molecule has 2 N–H and O–H groups in total. The van der Waals surface area contributed by atoms with E-state index in [1.54, 1.807) is 0 Å². The van der Waals surface area contributed by atoms with Gasteiger partial charge in [0, 0.05) is 0 Å². The first-order chi connectivity index (χ1) is 3.72. The summed E-state index contributed by atoms with van der Waals surface area (Å²) in [5.74, 6) is -0.340. The van der Waals surface area contributed by atoms with Crippen molar-refractivity contribution in [1.29, 1.82) is 0 Å². The van der Waals surface area contributed by atoms with Gasteiger partial charge in [0.25, 0.3) is 0 Å². The number of ether oxygens (including phenoxy) is 1. The molecule has 0 saturated carbocycles. The fourth-order valence-corrected chi connectivity index (χ4v) is 0.318. The molecule has 0 aliphatic carbocycles. The van der Waals surface area contributed by atoms with Crippen LogP contribution >= 0.6 is 0 Å². The van der Waals surface area contributed by atoms with Gasteiger partial charge >= 0.3 is 35.5 Å². The Morgan fingerprint density at radius 1 is 1.78 bits per heavy atom. The van der Waals surface area contributed by atoms with Crippen molar-refractivity contribution in [3.05, 3.63) is 0 Å². The van der Waals surface area contributed by atoms with Crippen LogP contribution in [0, 0.1) is 0 Å². The Labute approximate surface area is 77.2 Å². The predicted molar refractivity (Wildman–Crippen MR) is 37.4 cm³/mol. The molecule has 0 aliphatic heterocycles. The Kier molecular flexibility index (Phi) is 8.83. The van der Waals surface area contributed by atoms with Gasteiger partial charge in [-0.3, -0.25) is 4.79 Å². The average Bonchev–Trinajstić information content (AvgIpc) is 1.84. The predicted octanol–water partition coefficient (Wildman–Crippen LogP) is -0.752. The molecule has 50 valence electrons. The SMILES string of the molecule is CCC(N)C(=O)OC.[NaH]. The number of nitrogens with two attached hydrogens (primary N) is 1. The Bertz CT molecular complexity index is 87.0. The minimum atomic E-state index is -0.444. The average molecular weight is 141 g/mol. The van der Waals surface area contributed by atoms with E-state index in [4.69, 9.17) is 5.73 Å². The first kappa shape index (κ1) is 12.1. The zero-order chi connectivity index (χ0) is 6.57. The summed E-state index contributed by atoms with van der Waals surface area (Å²) in [5.41, 5.74) is 5.25. The number of rotatable bonds is 2. The number of carbonyl (C=O) groups is 1. The van der Waals surface area contributed by atoms with Crippen LogP contribution in [0.5, 0.6) is 0 Å². The van der Waals surface area contributed by atoms with Crippen LogP contribution in [-0.4, -0.2) is 48.7 Å². The van der Waals surface area contributed by atoms with Gasteiger partial charge in [-0.1, -0.05) is 6.92 Å². The quantitative estimate of drug-likeness (QED) is 0.406. The Balaban J connectivity index is 0. The van der Waals surface area contributed by atoms with E-state index in [0.29, 0.717) is 6.42 Å². The molecule has 0 spiro atoms. The molecule has 0 rings (SSSR count). The van der Waals surface area contributed by atoms with Gasteiger partial charge < -0.3 is 10.5 Å². The van der Waals surface area contributed by atoms with Crippen LogP contribution in [-0.2, 0) is 9.53 Å². The second-order valence-electron chi connectivity index (χ2n) is 1.54. The van der Waals surface area contributed by atoms with Crippen LogP contribution in [0.25, 0.3) is 0 Å². The molecular weight excluding hydrogens is 129 g/mol. The Morgan fingerprint density at radius 3 is 2.33 bits per heavy atom. The molecule has 1 unspecified atom stereocenters. The molecule has 1 atom stereocenters.